The van der Waals surface area contributed by atoms with Crippen LogP contribution in [0.5, 0.6) is 0 Å². The molecule has 0 aliphatic heterocycles. The average molecular weight is 228 g/mol. The summed E-state index contributed by atoms with van der Waals surface area (Å²) in [5.41, 5.74) is 0.789. The van der Waals surface area contributed by atoms with E-state index in [0.717, 1.165) is 18.7 Å². The first-order valence-corrected chi connectivity index (χ1v) is 5.36. The molecule has 0 spiro atoms. The molecular weight excluding hydrogens is 210 g/mol. The minimum atomic E-state index is -0.797. The third-order valence-corrected chi connectivity index (χ3v) is 2.80. The van der Waals surface area contributed by atoms with Gasteiger partial charge >= 0.3 is 0 Å². The lowest BCUT2D eigenvalue weighted by Crippen LogP contribution is -2.29. The van der Waals surface area contributed by atoms with E-state index in [1.807, 2.05) is 21.0 Å². The van der Waals surface area contributed by atoms with Crippen LogP contribution in [0.2, 0.25) is 0 Å². The van der Waals surface area contributed by atoms with Crippen molar-refractivity contribution in [2.24, 2.45) is 0 Å². The molecule has 1 atom stereocenters. The Balaban J connectivity index is 2.71. The molecule has 0 radical (unpaired) electrons. The average Bonchev–Trinajstić information content (AvgIpc) is 2.28. The van der Waals surface area contributed by atoms with Crippen LogP contribution in [0.25, 0.3) is 0 Å². The Hall–Kier alpha value is -1.00. The van der Waals surface area contributed by atoms with Crippen molar-refractivity contribution >= 4 is 0 Å². The van der Waals surface area contributed by atoms with Crippen LogP contribution in [0, 0.1) is 11.6 Å². The molecule has 0 aliphatic carbocycles. The van der Waals surface area contributed by atoms with Crippen LogP contribution in [0.15, 0.2) is 18.2 Å². The zero-order valence-corrected chi connectivity index (χ0v) is 9.93. The van der Waals surface area contributed by atoms with Crippen LogP contribution < -0.4 is 5.32 Å². The summed E-state index contributed by atoms with van der Waals surface area (Å²) >= 11 is 0. The number of halogens is 2. The fourth-order valence-corrected chi connectivity index (χ4v) is 1.51. The SMILES string of the molecule is CNCCN(C)C(C)c1ccc(F)c(F)c1. The monoisotopic (exact) mass is 228 g/mol. The van der Waals surface area contributed by atoms with E-state index in [9.17, 15) is 8.78 Å². The highest BCUT2D eigenvalue weighted by Gasteiger charge is 2.13. The van der Waals surface area contributed by atoms with E-state index in [1.54, 1.807) is 6.07 Å². The van der Waals surface area contributed by atoms with E-state index in [4.69, 9.17) is 0 Å². The number of nitrogens with one attached hydrogen (secondary N) is 1. The Morgan fingerprint density at radius 2 is 2.00 bits per heavy atom. The molecular formula is C12H18F2N2. The maximum atomic E-state index is 13.0. The highest BCUT2D eigenvalue weighted by molar-refractivity contribution is 5.20. The zero-order chi connectivity index (χ0) is 12.1. The van der Waals surface area contributed by atoms with Gasteiger partial charge in [-0.05, 0) is 38.7 Å². The van der Waals surface area contributed by atoms with E-state index in [0.29, 0.717) is 0 Å². The Bertz CT molecular complexity index is 342. The minimum Gasteiger partial charge on any atom is -0.318 e. The first kappa shape index (κ1) is 13.1. The fraction of sp³-hybridized carbons (Fsp3) is 0.500. The van der Waals surface area contributed by atoms with Crippen LogP contribution >= 0.6 is 0 Å². The van der Waals surface area contributed by atoms with Crippen molar-refractivity contribution in [3.05, 3.63) is 35.4 Å². The molecule has 0 aromatic heterocycles. The summed E-state index contributed by atoms with van der Waals surface area (Å²) in [4.78, 5) is 2.09. The van der Waals surface area contributed by atoms with E-state index >= 15 is 0 Å². The fourth-order valence-electron chi connectivity index (χ4n) is 1.51. The smallest absolute Gasteiger partial charge is 0.159 e. The molecule has 0 aliphatic rings. The van der Waals surface area contributed by atoms with Crippen molar-refractivity contribution in [1.82, 2.24) is 10.2 Å². The molecule has 1 aromatic rings. The van der Waals surface area contributed by atoms with Gasteiger partial charge in [0.2, 0.25) is 0 Å². The Morgan fingerprint density at radius 3 is 2.56 bits per heavy atom. The number of nitrogens with zero attached hydrogens (tertiary/aromatic N) is 1. The highest BCUT2D eigenvalue weighted by atomic mass is 19.2. The van der Waals surface area contributed by atoms with Crippen molar-refractivity contribution in [1.29, 1.82) is 0 Å². The standard InChI is InChI=1S/C12H18F2N2/c1-9(16(3)7-6-15-2)10-4-5-11(13)12(14)8-10/h4-5,8-9,15H,6-7H2,1-3H3. The van der Waals surface area contributed by atoms with Crippen molar-refractivity contribution in [2.45, 2.75) is 13.0 Å². The summed E-state index contributed by atoms with van der Waals surface area (Å²) in [6, 6.07) is 4.13. The normalized spacial score (nSPS) is 13.1. The topological polar surface area (TPSA) is 15.3 Å². The highest BCUT2D eigenvalue weighted by Crippen LogP contribution is 2.20. The molecule has 1 unspecified atom stereocenters. The van der Waals surface area contributed by atoms with E-state index < -0.39 is 11.6 Å². The largest absolute Gasteiger partial charge is 0.318 e. The molecule has 16 heavy (non-hydrogen) atoms. The molecule has 1 aromatic carbocycles. The van der Waals surface area contributed by atoms with Gasteiger partial charge in [-0.25, -0.2) is 8.78 Å². The van der Waals surface area contributed by atoms with E-state index in [2.05, 4.69) is 10.2 Å². The Labute approximate surface area is 95.3 Å². The van der Waals surface area contributed by atoms with Gasteiger partial charge in [-0.2, -0.15) is 0 Å². The zero-order valence-electron chi connectivity index (χ0n) is 9.93. The summed E-state index contributed by atoms with van der Waals surface area (Å²) in [7, 11) is 3.85. The van der Waals surface area contributed by atoms with Crippen molar-refractivity contribution in [3.63, 3.8) is 0 Å². The van der Waals surface area contributed by atoms with Gasteiger partial charge in [0.15, 0.2) is 11.6 Å². The van der Waals surface area contributed by atoms with Gasteiger partial charge in [-0.3, -0.25) is 4.90 Å². The second-order valence-corrected chi connectivity index (χ2v) is 3.93. The van der Waals surface area contributed by atoms with Gasteiger partial charge in [-0.1, -0.05) is 6.07 Å². The number of likely N-dealkylation sites (N-methyl/N-ethyl adjacent to an activating group) is 2. The molecule has 0 heterocycles. The molecule has 0 amide bonds. The van der Waals surface area contributed by atoms with Gasteiger partial charge < -0.3 is 5.32 Å². The summed E-state index contributed by atoms with van der Waals surface area (Å²) in [5, 5.41) is 3.05. The molecule has 0 saturated heterocycles. The van der Waals surface area contributed by atoms with E-state index in [-0.39, 0.29) is 6.04 Å². The van der Waals surface area contributed by atoms with Gasteiger partial charge in [0.25, 0.3) is 0 Å². The van der Waals surface area contributed by atoms with Gasteiger partial charge in [0.1, 0.15) is 0 Å². The third-order valence-electron chi connectivity index (χ3n) is 2.80. The Morgan fingerprint density at radius 1 is 1.31 bits per heavy atom. The molecule has 0 fully saturated rings. The molecule has 0 saturated carbocycles. The number of benzene rings is 1. The number of hydrogen-bond acceptors (Lipinski definition) is 2. The molecule has 1 rings (SSSR count). The molecule has 2 nitrogen and oxygen atoms in total. The lowest BCUT2D eigenvalue weighted by Gasteiger charge is -2.25. The lowest BCUT2D eigenvalue weighted by molar-refractivity contribution is 0.262. The number of rotatable bonds is 5. The minimum absolute atomic E-state index is 0.0726. The van der Waals surface area contributed by atoms with Crippen molar-refractivity contribution < 1.29 is 8.78 Å². The maximum absolute atomic E-state index is 13.0. The van der Waals surface area contributed by atoms with E-state index in [1.165, 1.54) is 12.1 Å². The molecule has 4 heteroatoms. The predicted octanol–water partition coefficient (Wildman–Crippen LogP) is 2.18. The second kappa shape index (κ2) is 5.92. The van der Waals surface area contributed by atoms with Crippen LogP contribution in [-0.4, -0.2) is 32.1 Å². The summed E-state index contributed by atoms with van der Waals surface area (Å²) < 4.78 is 25.8. The third kappa shape index (κ3) is 3.25. The summed E-state index contributed by atoms with van der Waals surface area (Å²) in [6.07, 6.45) is 0. The van der Waals surface area contributed by atoms with Crippen molar-refractivity contribution in [3.8, 4) is 0 Å². The molecule has 1 N–H and O–H groups in total. The quantitative estimate of drug-likeness (QED) is 0.831. The summed E-state index contributed by atoms with van der Waals surface area (Å²) in [6.45, 7) is 3.70. The van der Waals surface area contributed by atoms with Crippen LogP contribution in [0.4, 0.5) is 8.78 Å². The summed E-state index contributed by atoms with van der Waals surface area (Å²) in [5.74, 6) is -1.58. The van der Waals surface area contributed by atoms with Crippen molar-refractivity contribution in [2.75, 3.05) is 27.2 Å². The number of hydrogen-bond donors (Lipinski definition) is 1. The van der Waals surface area contributed by atoms with Crippen LogP contribution in [0.1, 0.15) is 18.5 Å². The predicted molar refractivity (Wildman–Crippen MR) is 61.3 cm³/mol. The second-order valence-electron chi connectivity index (χ2n) is 3.93. The van der Waals surface area contributed by atoms with Crippen LogP contribution in [-0.2, 0) is 0 Å². The van der Waals surface area contributed by atoms with Gasteiger partial charge in [-0.15, -0.1) is 0 Å². The maximum Gasteiger partial charge on any atom is 0.159 e. The lowest BCUT2D eigenvalue weighted by atomic mass is 10.1. The first-order chi connectivity index (χ1) is 7.56. The van der Waals surface area contributed by atoms with Gasteiger partial charge in [0.05, 0.1) is 0 Å². The van der Waals surface area contributed by atoms with Gasteiger partial charge in [0, 0.05) is 19.1 Å². The molecule has 90 valence electrons. The van der Waals surface area contributed by atoms with Crippen LogP contribution in [0.3, 0.4) is 0 Å². The first-order valence-electron chi connectivity index (χ1n) is 5.36. The molecule has 0 bridgehead atoms. The Kier molecular flexibility index (Phi) is 4.83.